The number of aromatic nitrogens is 3. The first-order valence-corrected chi connectivity index (χ1v) is 4.73. The first-order valence-electron chi connectivity index (χ1n) is 4.73. The number of hydrogen-bond acceptors (Lipinski definition) is 2. The predicted molar refractivity (Wildman–Crippen MR) is 57.1 cm³/mol. The number of nitrogens with zero attached hydrogens (tertiary/aromatic N) is 3. The lowest BCUT2D eigenvalue weighted by Gasteiger charge is -1.97. The van der Waals surface area contributed by atoms with Gasteiger partial charge in [0.15, 0.2) is 0 Å². The summed E-state index contributed by atoms with van der Waals surface area (Å²) in [4.78, 5) is 0. The quantitative estimate of drug-likeness (QED) is 0.675. The van der Waals surface area contributed by atoms with E-state index in [9.17, 15) is 0 Å². The lowest BCUT2D eigenvalue weighted by Crippen LogP contribution is -1.96. The summed E-state index contributed by atoms with van der Waals surface area (Å²) in [7, 11) is 0. The molecule has 1 heterocycles. The lowest BCUT2D eigenvalue weighted by molar-refractivity contribution is 0.682. The van der Waals surface area contributed by atoms with Gasteiger partial charge in [-0.2, -0.15) is 0 Å². The Kier molecular flexibility index (Phi) is 2.31. The van der Waals surface area contributed by atoms with Crippen molar-refractivity contribution in [1.82, 2.24) is 15.0 Å². The molecule has 0 aliphatic heterocycles. The van der Waals surface area contributed by atoms with Gasteiger partial charge in [-0.25, -0.2) is 4.68 Å². The van der Waals surface area contributed by atoms with Crippen LogP contribution in [0.25, 0.3) is 11.0 Å². The van der Waals surface area contributed by atoms with Gasteiger partial charge in [0, 0.05) is 0 Å². The second-order valence-electron chi connectivity index (χ2n) is 3.28. The maximum absolute atomic E-state index is 4.15. The molecule has 0 spiro atoms. The molecule has 0 aliphatic rings. The maximum atomic E-state index is 4.15. The molecule has 0 fully saturated rings. The normalized spacial score (nSPS) is 11.6. The number of aryl methyl sites for hydroxylation is 1. The van der Waals surface area contributed by atoms with E-state index in [1.165, 1.54) is 5.56 Å². The highest BCUT2D eigenvalue weighted by Gasteiger charge is 2.03. The molecular formula is C11H13N3. The van der Waals surface area contributed by atoms with Gasteiger partial charge in [0.25, 0.3) is 0 Å². The topological polar surface area (TPSA) is 30.7 Å². The summed E-state index contributed by atoms with van der Waals surface area (Å²) in [6.07, 6.45) is 4.08. The highest BCUT2D eigenvalue weighted by atomic mass is 15.4. The molecule has 0 aliphatic carbocycles. The molecule has 0 unspecified atom stereocenters. The molecule has 1 aromatic carbocycles. The van der Waals surface area contributed by atoms with Crippen molar-refractivity contribution in [3.05, 3.63) is 35.9 Å². The molecule has 14 heavy (non-hydrogen) atoms. The third-order valence-corrected chi connectivity index (χ3v) is 2.26. The molecule has 72 valence electrons. The van der Waals surface area contributed by atoms with Gasteiger partial charge in [-0.3, -0.25) is 0 Å². The summed E-state index contributed by atoms with van der Waals surface area (Å²) in [5.74, 6) is 0. The van der Waals surface area contributed by atoms with Gasteiger partial charge in [0.05, 0.1) is 12.1 Å². The first-order chi connectivity index (χ1) is 6.83. The fourth-order valence-electron chi connectivity index (χ4n) is 1.47. The van der Waals surface area contributed by atoms with Crippen LogP contribution in [0.3, 0.4) is 0 Å². The number of fused-ring (bicyclic) bond motifs is 1. The van der Waals surface area contributed by atoms with Crippen molar-refractivity contribution in [2.45, 2.75) is 20.4 Å². The largest absolute Gasteiger partial charge is 0.241 e. The van der Waals surface area contributed by atoms with E-state index in [-0.39, 0.29) is 0 Å². The molecule has 0 atom stereocenters. The number of hydrogen-bond donors (Lipinski definition) is 0. The van der Waals surface area contributed by atoms with Crippen molar-refractivity contribution in [3.63, 3.8) is 0 Å². The van der Waals surface area contributed by atoms with Gasteiger partial charge >= 0.3 is 0 Å². The van der Waals surface area contributed by atoms with Crippen LogP contribution in [0.15, 0.2) is 30.4 Å². The van der Waals surface area contributed by atoms with E-state index in [0.29, 0.717) is 0 Å². The molecule has 0 radical (unpaired) electrons. The second kappa shape index (κ2) is 3.62. The molecule has 3 nitrogen and oxygen atoms in total. The van der Waals surface area contributed by atoms with Crippen LogP contribution >= 0.6 is 0 Å². The summed E-state index contributed by atoms with van der Waals surface area (Å²) in [5.41, 5.74) is 3.27. The Hall–Kier alpha value is -1.64. The molecule has 0 N–H and O–H groups in total. The van der Waals surface area contributed by atoms with Crippen molar-refractivity contribution >= 4 is 11.0 Å². The van der Waals surface area contributed by atoms with Crippen molar-refractivity contribution in [2.75, 3.05) is 0 Å². The third kappa shape index (κ3) is 1.41. The minimum absolute atomic E-state index is 0.788. The van der Waals surface area contributed by atoms with Crippen molar-refractivity contribution < 1.29 is 0 Å². The molecule has 2 rings (SSSR count). The fourth-order valence-corrected chi connectivity index (χ4v) is 1.47. The molecule has 0 saturated heterocycles. The molecule has 2 aromatic rings. The Morgan fingerprint density at radius 2 is 2.29 bits per heavy atom. The van der Waals surface area contributed by atoms with Gasteiger partial charge in [0.1, 0.15) is 5.52 Å². The highest BCUT2D eigenvalue weighted by Crippen LogP contribution is 2.14. The minimum Gasteiger partial charge on any atom is -0.241 e. The van der Waals surface area contributed by atoms with Crippen LogP contribution in [0.5, 0.6) is 0 Å². The van der Waals surface area contributed by atoms with Crippen LogP contribution in [0.1, 0.15) is 12.5 Å². The molecule has 0 bridgehead atoms. The molecular weight excluding hydrogens is 174 g/mol. The Morgan fingerprint density at radius 1 is 1.43 bits per heavy atom. The van der Waals surface area contributed by atoms with E-state index >= 15 is 0 Å². The maximum Gasteiger partial charge on any atom is 0.116 e. The van der Waals surface area contributed by atoms with E-state index < -0.39 is 0 Å². The third-order valence-electron chi connectivity index (χ3n) is 2.26. The standard InChI is InChI=1S/C11H13N3/c1-3-4-8-14-10-7-5-6-9(2)11(10)12-13-14/h3-7H,8H2,1-2H3. The average Bonchev–Trinajstić information content (AvgIpc) is 2.60. The summed E-state index contributed by atoms with van der Waals surface area (Å²) in [5, 5.41) is 8.26. The van der Waals surface area contributed by atoms with E-state index in [2.05, 4.69) is 29.4 Å². The molecule has 1 aromatic heterocycles. The van der Waals surface area contributed by atoms with Gasteiger partial charge in [-0.1, -0.05) is 29.5 Å². The van der Waals surface area contributed by atoms with Crippen LogP contribution in [0.4, 0.5) is 0 Å². The lowest BCUT2D eigenvalue weighted by atomic mass is 10.2. The molecule has 0 amide bonds. The highest BCUT2D eigenvalue weighted by molar-refractivity contribution is 5.77. The van der Waals surface area contributed by atoms with Crippen LogP contribution < -0.4 is 0 Å². The fraction of sp³-hybridized carbons (Fsp3) is 0.273. The SMILES string of the molecule is CC=CCn1nnc2c(C)cccc21. The zero-order chi connectivity index (χ0) is 9.97. The molecule has 3 heteroatoms. The van der Waals surface area contributed by atoms with Gasteiger partial charge in [0.2, 0.25) is 0 Å². The number of benzene rings is 1. The van der Waals surface area contributed by atoms with Gasteiger partial charge in [-0.15, -0.1) is 5.10 Å². The second-order valence-corrected chi connectivity index (χ2v) is 3.28. The first kappa shape index (κ1) is 8.94. The summed E-state index contributed by atoms with van der Waals surface area (Å²) in [6.45, 7) is 4.85. The van der Waals surface area contributed by atoms with Crippen molar-refractivity contribution in [2.24, 2.45) is 0 Å². The van der Waals surface area contributed by atoms with E-state index in [1.54, 1.807) is 0 Å². The minimum atomic E-state index is 0.788. The number of rotatable bonds is 2. The van der Waals surface area contributed by atoms with Crippen molar-refractivity contribution in [1.29, 1.82) is 0 Å². The Morgan fingerprint density at radius 3 is 3.07 bits per heavy atom. The van der Waals surface area contributed by atoms with Crippen molar-refractivity contribution in [3.8, 4) is 0 Å². The summed E-state index contributed by atoms with van der Waals surface area (Å²) in [6, 6.07) is 6.13. The van der Waals surface area contributed by atoms with Crippen LogP contribution in [0, 0.1) is 6.92 Å². The van der Waals surface area contributed by atoms with Crippen LogP contribution in [-0.2, 0) is 6.54 Å². The van der Waals surface area contributed by atoms with E-state index in [0.717, 1.165) is 17.6 Å². The average molecular weight is 187 g/mol. The predicted octanol–water partition coefficient (Wildman–Crippen LogP) is 2.32. The van der Waals surface area contributed by atoms with E-state index in [4.69, 9.17) is 0 Å². The summed E-state index contributed by atoms with van der Waals surface area (Å²) >= 11 is 0. The molecule has 0 saturated carbocycles. The summed E-state index contributed by atoms with van der Waals surface area (Å²) < 4.78 is 1.91. The van der Waals surface area contributed by atoms with Gasteiger partial charge in [-0.05, 0) is 25.5 Å². The van der Waals surface area contributed by atoms with Gasteiger partial charge < -0.3 is 0 Å². The van der Waals surface area contributed by atoms with Crippen LogP contribution in [-0.4, -0.2) is 15.0 Å². The number of allylic oxidation sites excluding steroid dienone is 2. The smallest absolute Gasteiger partial charge is 0.116 e. The zero-order valence-corrected chi connectivity index (χ0v) is 8.44. The van der Waals surface area contributed by atoms with E-state index in [1.807, 2.05) is 29.8 Å². The Bertz CT molecular complexity index is 468. The van der Waals surface area contributed by atoms with Crippen LogP contribution in [0.2, 0.25) is 0 Å². The Labute approximate surface area is 83.0 Å². The zero-order valence-electron chi connectivity index (χ0n) is 8.44. The Balaban J connectivity index is 2.52. The monoisotopic (exact) mass is 187 g/mol.